The first-order valence-corrected chi connectivity index (χ1v) is 39.1. The Hall–Kier alpha value is -9.96. The minimum atomic E-state index is -5.08. The van der Waals surface area contributed by atoms with Crippen LogP contribution in [0.5, 0.6) is 0 Å². The summed E-state index contributed by atoms with van der Waals surface area (Å²) in [5.41, 5.74) is 0.431. The van der Waals surface area contributed by atoms with Crippen LogP contribution in [0.2, 0.25) is 5.04 Å². The monoisotopic (exact) mass is 1510 g/mol. The highest BCUT2D eigenvalue weighted by Crippen LogP contribution is 2.57. The number of hydrogen-bond donors (Lipinski definition) is 4. The molecule has 3 amide bonds. The Morgan fingerprint density at radius 2 is 0.944 bits per heavy atom. The van der Waals surface area contributed by atoms with E-state index in [4.69, 9.17) is 58.9 Å². The lowest BCUT2D eigenvalue weighted by molar-refractivity contribution is -0.0641. The number of carbonyl (C=O) groups is 3. The van der Waals surface area contributed by atoms with Crippen molar-refractivity contribution >= 4 is 80.7 Å². The molecule has 9 aromatic rings. The second-order valence-corrected chi connectivity index (χ2v) is 33.7. The smallest absolute Gasteiger partial charge is 0.402 e. The molecule has 3 aliphatic heterocycles. The first kappa shape index (κ1) is 76.7. The minimum absolute atomic E-state index is 0.00698. The van der Waals surface area contributed by atoms with Crippen molar-refractivity contribution in [3.63, 3.8) is 0 Å². The van der Waals surface area contributed by atoms with E-state index in [1.807, 2.05) is 60.7 Å². The summed E-state index contributed by atoms with van der Waals surface area (Å²) in [6.07, 6.45) is -6.15. The number of anilines is 3. The van der Waals surface area contributed by atoms with Gasteiger partial charge in [-0.2, -0.15) is 9.97 Å². The first-order valence-electron chi connectivity index (χ1n) is 34.2. The average Bonchev–Trinajstić information content (AvgIpc) is 1.46. The van der Waals surface area contributed by atoms with Gasteiger partial charge in [0.1, 0.15) is 80.4 Å². The van der Waals surface area contributed by atoms with Gasteiger partial charge in [0.15, 0.2) is 17.0 Å². The van der Waals surface area contributed by atoms with Crippen LogP contribution in [-0.2, 0) is 54.9 Å². The zero-order chi connectivity index (χ0) is 75.5. The maximum absolute atomic E-state index is 15.9. The number of amides is 3. The van der Waals surface area contributed by atoms with E-state index in [1.165, 1.54) is 34.2 Å². The Labute approximate surface area is 615 Å². The molecule has 0 aliphatic carbocycles. The number of aliphatic hydroxyl groups is 1. The molecule has 107 heavy (non-hydrogen) atoms. The Morgan fingerprint density at radius 1 is 0.551 bits per heavy atom. The van der Waals surface area contributed by atoms with Crippen LogP contribution in [-0.4, -0.2) is 153 Å². The number of phosphoric ester groups is 2. The van der Waals surface area contributed by atoms with Gasteiger partial charge in [0.25, 0.3) is 26.0 Å². The van der Waals surface area contributed by atoms with E-state index in [0.717, 1.165) is 14.9 Å². The molecular weight excluding hydrogens is 1440 g/mol. The quantitative estimate of drug-likeness (QED) is 0.0141. The molecule has 0 spiro atoms. The number of aryl methyl sites for hydroxylation is 2. The minimum Gasteiger partial charge on any atom is -0.402 e. The SMILES string of the molecule is [C-]#[N+]CCOP(=O)(OC[C@H]1O[C@@H](n2cc(C)c(NC(=O)c3ccccc3)nc2=O)C[C@H]1O[Si](c1ccccc1)(c1ccccc1)C(C)(C)C)O[C@@H]1C[C@H](n2cc(C)c(NC(=O)c3ccccc3)nc2=O)O[C@@H]1COP(=O)(OCC[N+]#[C-])O[C@@H]1C[C@H](n2cnc3c(NC(=O)c4ccccc4)ncnc32)O[C@@H]1CO. The van der Waals surface area contributed by atoms with Crippen LogP contribution < -0.4 is 37.7 Å². The third kappa shape index (κ3) is 17.7. The summed E-state index contributed by atoms with van der Waals surface area (Å²) < 4.78 is 99.5. The Balaban J connectivity index is 0.856. The molecule has 0 saturated carbocycles. The van der Waals surface area contributed by atoms with Crippen molar-refractivity contribution in [3.8, 4) is 0 Å². The van der Waals surface area contributed by atoms with Gasteiger partial charge in [-0.05, 0) is 65.7 Å². The maximum Gasteiger partial charge on any atom is 0.475 e. The molecule has 34 heteroatoms. The van der Waals surface area contributed by atoms with Gasteiger partial charge in [0, 0.05) is 59.5 Å². The van der Waals surface area contributed by atoms with Crippen molar-refractivity contribution in [1.82, 2.24) is 38.6 Å². The Bertz CT molecular complexity index is 4920. The van der Waals surface area contributed by atoms with Gasteiger partial charge >= 0.3 is 27.0 Å². The summed E-state index contributed by atoms with van der Waals surface area (Å²) in [7, 11) is -13.5. The van der Waals surface area contributed by atoms with Crippen LogP contribution in [0.25, 0.3) is 20.9 Å². The molecule has 0 bridgehead atoms. The summed E-state index contributed by atoms with van der Waals surface area (Å²) in [6.45, 7) is 20.9. The van der Waals surface area contributed by atoms with E-state index in [1.54, 1.807) is 105 Å². The lowest BCUT2D eigenvalue weighted by atomic mass is 10.2. The van der Waals surface area contributed by atoms with E-state index in [0.29, 0.717) is 27.8 Å². The lowest BCUT2D eigenvalue weighted by Gasteiger charge is -2.45. The van der Waals surface area contributed by atoms with Gasteiger partial charge < -0.3 is 49.4 Å². The number of nitrogens with zero attached hydrogens (tertiary/aromatic N) is 10. The fourth-order valence-corrected chi connectivity index (χ4v) is 20.3. The van der Waals surface area contributed by atoms with Crippen molar-refractivity contribution in [3.05, 3.63) is 248 Å². The Kier molecular flexibility index (Phi) is 24.3. The second-order valence-electron chi connectivity index (χ2n) is 26.2. The van der Waals surface area contributed by atoms with Gasteiger partial charge in [0.2, 0.25) is 13.1 Å². The lowest BCUT2D eigenvalue weighted by Crippen LogP contribution is -2.68. The zero-order valence-corrected chi connectivity index (χ0v) is 61.6. The van der Waals surface area contributed by atoms with E-state index in [2.05, 4.69) is 71.3 Å². The number of carbonyl (C=O) groups excluding carboxylic acids is 3. The fraction of sp³-hybridized carbons (Fsp3) is 0.342. The van der Waals surface area contributed by atoms with Crippen molar-refractivity contribution in [2.75, 3.05) is 62.1 Å². The van der Waals surface area contributed by atoms with E-state index in [-0.39, 0.29) is 61.0 Å². The van der Waals surface area contributed by atoms with E-state index < -0.39 is 146 Å². The second kappa shape index (κ2) is 33.9. The number of ether oxygens (including phenoxy) is 3. The summed E-state index contributed by atoms with van der Waals surface area (Å²) >= 11 is 0. The van der Waals surface area contributed by atoms with Gasteiger partial charge in [-0.25, -0.2) is 46.8 Å². The van der Waals surface area contributed by atoms with Crippen LogP contribution in [0.3, 0.4) is 0 Å². The number of aliphatic hydroxyl groups excluding tert-OH is 1. The Morgan fingerprint density at radius 3 is 1.37 bits per heavy atom. The molecule has 4 N–H and O–H groups in total. The van der Waals surface area contributed by atoms with Crippen molar-refractivity contribution < 1.29 is 74.4 Å². The fourth-order valence-electron chi connectivity index (χ4n) is 12.9. The molecule has 7 heterocycles. The number of aromatic nitrogens is 8. The molecule has 11 atom stereocenters. The maximum atomic E-state index is 15.9. The topological polar surface area (TPSA) is 356 Å². The van der Waals surface area contributed by atoms with Gasteiger partial charge in [0.05, 0.1) is 32.3 Å². The first-order chi connectivity index (χ1) is 51.6. The molecule has 3 fully saturated rings. The number of nitrogens with one attached hydrogen (secondary N) is 3. The summed E-state index contributed by atoms with van der Waals surface area (Å²) in [5.74, 6) is -1.44. The molecule has 2 unspecified atom stereocenters. The summed E-state index contributed by atoms with van der Waals surface area (Å²) in [5, 5.41) is 20.1. The van der Waals surface area contributed by atoms with Crippen LogP contribution in [0.1, 0.15) is 101 Å². The predicted octanol–water partition coefficient (Wildman–Crippen LogP) is 9.41. The number of imidazole rings is 1. The number of fused-ring (bicyclic) bond motifs is 1. The van der Waals surface area contributed by atoms with Gasteiger partial charge in [-0.3, -0.25) is 55.2 Å². The van der Waals surface area contributed by atoms with Crippen LogP contribution in [0, 0.1) is 27.0 Å². The number of phosphoric acid groups is 2. The standard InChI is InChI=1S/C73H77N13O18P2Si/c1-47-40-84(71(91)82-64(47)79-68(88)49-23-13-8-14-24-49)60-38-55(58(100-60)43-97-105(93,95-35-33-74-6)102-54-37-62(99-57(54)42-87)86-46-78-63-66(76-45-77-67(63)86)81-70(90)51-27-17-10-18-28-51)103-106(94,96-36-34-75-7)98-44-59-56(104-107(73(3,4)5,52-29-19-11-20-30-52)53-31-21-12-22-32-53)39-61(101-59)85-41-48(2)65(83-72(85)92)80-69(89)50-25-15-9-16-26-50/h8-32,40-41,45-46,54-62,87H,33-39,42-44H2,1-5H3,(H,76,77,81,90)(H,79,82,88,91)(H,80,83,89,92)/t54-,55-,56-,57-,58-,59-,60-,61-,62-,105?,106?/m1/s1. The van der Waals surface area contributed by atoms with Gasteiger partial charge in [-0.1, -0.05) is 136 Å². The highest BCUT2D eigenvalue weighted by molar-refractivity contribution is 7.48. The summed E-state index contributed by atoms with van der Waals surface area (Å²) in [4.78, 5) is 96.9. The third-order valence-electron chi connectivity index (χ3n) is 18.1. The van der Waals surface area contributed by atoms with Crippen molar-refractivity contribution in [2.45, 2.75) is 114 Å². The van der Waals surface area contributed by atoms with Crippen molar-refractivity contribution in [1.29, 1.82) is 0 Å². The predicted molar refractivity (Wildman–Crippen MR) is 392 cm³/mol. The molecule has 3 saturated heterocycles. The van der Waals surface area contributed by atoms with Crippen LogP contribution in [0.4, 0.5) is 17.5 Å². The molecule has 12 rings (SSSR count). The van der Waals surface area contributed by atoms with E-state index in [9.17, 15) is 29.1 Å². The summed E-state index contributed by atoms with van der Waals surface area (Å²) in [6, 6.07) is 44.6. The number of hydrogen-bond acceptors (Lipinski definition) is 23. The molecule has 4 aromatic heterocycles. The third-order valence-corrected chi connectivity index (χ3v) is 26.1. The number of benzene rings is 5. The molecule has 3 aliphatic rings. The molecular formula is C73H77N13O18P2Si. The molecule has 5 aromatic carbocycles. The normalized spacial score (nSPS) is 21.2. The average molecular weight is 1510 g/mol. The highest BCUT2D eigenvalue weighted by Gasteiger charge is 2.55. The zero-order valence-electron chi connectivity index (χ0n) is 58.8. The molecule has 31 nitrogen and oxygen atoms in total. The molecule has 556 valence electrons. The largest absolute Gasteiger partial charge is 0.475 e. The van der Waals surface area contributed by atoms with Crippen LogP contribution >= 0.6 is 15.6 Å². The van der Waals surface area contributed by atoms with Crippen LogP contribution in [0.15, 0.2) is 186 Å². The number of rotatable bonds is 30. The van der Waals surface area contributed by atoms with E-state index >= 15 is 9.13 Å². The highest BCUT2D eigenvalue weighted by atomic mass is 31.2. The van der Waals surface area contributed by atoms with Gasteiger partial charge in [-0.15, -0.1) is 0 Å². The molecule has 0 radical (unpaired) electrons. The van der Waals surface area contributed by atoms with Crippen molar-refractivity contribution in [2.24, 2.45) is 0 Å².